The Kier molecular flexibility index (Phi) is 5.53. The monoisotopic (exact) mass is 423 g/mol. The van der Waals surface area contributed by atoms with Crippen LogP contribution in [0.4, 0.5) is 8.78 Å². The van der Waals surface area contributed by atoms with E-state index in [1.165, 1.54) is 28.4 Å². The van der Waals surface area contributed by atoms with Crippen molar-refractivity contribution in [1.29, 1.82) is 0 Å². The maximum atomic E-state index is 12.5. The molecule has 0 aliphatic rings. The quantitative estimate of drug-likeness (QED) is 0.734. The second kappa shape index (κ2) is 7.06. The number of alkyl halides is 2. The van der Waals surface area contributed by atoms with E-state index in [0.29, 0.717) is 6.54 Å². The molecule has 0 radical (unpaired) electrons. The second-order valence-corrected chi connectivity index (χ2v) is 9.16. The van der Waals surface area contributed by atoms with Crippen LogP contribution in [-0.4, -0.2) is 32.0 Å². The Hall–Kier alpha value is -1.32. The van der Waals surface area contributed by atoms with Gasteiger partial charge >= 0.3 is 5.76 Å². The van der Waals surface area contributed by atoms with Gasteiger partial charge in [0.05, 0.1) is 15.2 Å². The van der Waals surface area contributed by atoms with Crippen molar-refractivity contribution >= 4 is 43.0 Å². The topological polar surface area (TPSA) is 54.5 Å². The molecule has 0 aliphatic carbocycles. The fourth-order valence-electron chi connectivity index (χ4n) is 1.85. The number of nitrogens with zero attached hydrogens (tertiary/aromatic N) is 1. The first-order valence-corrected chi connectivity index (χ1v) is 9.49. The van der Waals surface area contributed by atoms with Crippen LogP contribution in [0.25, 0.3) is 0 Å². The minimum atomic E-state index is -4.65. The van der Waals surface area contributed by atoms with Crippen molar-refractivity contribution in [2.24, 2.45) is 0 Å². The molecule has 124 valence electrons. The summed E-state index contributed by atoms with van der Waals surface area (Å²) in [7, 11) is -3.04. The van der Waals surface area contributed by atoms with Crippen LogP contribution in [0.5, 0.6) is 0 Å². The summed E-state index contributed by atoms with van der Waals surface area (Å²) >= 11 is 4.84. The molecule has 1 heterocycles. The van der Waals surface area contributed by atoms with Crippen molar-refractivity contribution < 1.29 is 22.0 Å². The van der Waals surface area contributed by atoms with Gasteiger partial charge in [-0.25, -0.2) is 8.42 Å². The van der Waals surface area contributed by atoms with Crippen LogP contribution in [0.1, 0.15) is 15.2 Å². The van der Waals surface area contributed by atoms with Gasteiger partial charge in [-0.1, -0.05) is 0 Å². The lowest BCUT2D eigenvalue weighted by atomic mass is 10.2. The number of hydrogen-bond acceptors (Lipinski definition) is 4. The number of benzene rings is 1. The van der Waals surface area contributed by atoms with Crippen molar-refractivity contribution in [3.8, 4) is 0 Å². The number of halogens is 3. The summed E-state index contributed by atoms with van der Waals surface area (Å²) in [6.45, 7) is 0.395. The zero-order chi connectivity index (χ0) is 17.2. The van der Waals surface area contributed by atoms with Gasteiger partial charge in [-0.05, 0) is 52.3 Å². The Bertz CT molecular complexity index is 804. The highest BCUT2D eigenvalue weighted by Crippen LogP contribution is 2.24. The smallest absolute Gasteiger partial charge is 0.337 e. The van der Waals surface area contributed by atoms with Gasteiger partial charge in [-0.2, -0.15) is 8.78 Å². The highest BCUT2D eigenvalue weighted by molar-refractivity contribution is 9.11. The van der Waals surface area contributed by atoms with E-state index in [-0.39, 0.29) is 11.5 Å². The molecule has 1 aromatic heterocycles. The summed E-state index contributed by atoms with van der Waals surface area (Å²) < 4.78 is 48.6. The fraction of sp³-hybridized carbons (Fsp3) is 0.214. The third-order valence-corrected chi connectivity index (χ3v) is 6.04. The largest absolute Gasteiger partial charge is 0.341 e. The molecular weight excluding hydrogens is 412 g/mol. The van der Waals surface area contributed by atoms with E-state index in [1.54, 1.807) is 7.05 Å². The Morgan fingerprint density at radius 2 is 1.83 bits per heavy atom. The van der Waals surface area contributed by atoms with E-state index in [4.69, 9.17) is 0 Å². The fourth-order valence-corrected chi connectivity index (χ4v) is 4.11. The van der Waals surface area contributed by atoms with Gasteiger partial charge in [0.15, 0.2) is 0 Å². The molecule has 0 aliphatic heterocycles. The third-order valence-electron chi connectivity index (χ3n) is 3.03. The molecule has 0 atom stereocenters. The summed E-state index contributed by atoms with van der Waals surface area (Å²) in [5, 5.41) is 0. The first kappa shape index (κ1) is 18.0. The highest BCUT2D eigenvalue weighted by Gasteiger charge is 2.26. The molecule has 9 heteroatoms. The SMILES string of the molecule is CN(Cc1ccc(Br)s1)C(=O)c1ccc(S(=O)(=O)C(F)F)cc1. The molecular formula is C14H12BrF2NO3S2. The summed E-state index contributed by atoms with van der Waals surface area (Å²) in [6.07, 6.45) is 0. The number of thiophene rings is 1. The molecule has 0 fully saturated rings. The second-order valence-electron chi connectivity index (χ2n) is 4.70. The molecule has 23 heavy (non-hydrogen) atoms. The van der Waals surface area contributed by atoms with Crippen LogP contribution in [-0.2, 0) is 16.4 Å². The number of carbonyl (C=O) groups excluding carboxylic acids is 1. The summed E-state index contributed by atoms with van der Waals surface area (Å²) in [6, 6.07) is 8.27. The molecule has 2 rings (SSSR count). The number of rotatable bonds is 5. The third kappa shape index (κ3) is 4.15. The number of hydrogen-bond donors (Lipinski definition) is 0. The van der Waals surface area contributed by atoms with Crippen LogP contribution >= 0.6 is 27.3 Å². The zero-order valence-electron chi connectivity index (χ0n) is 11.9. The molecule has 2 aromatic rings. The van der Waals surface area contributed by atoms with Crippen LogP contribution < -0.4 is 0 Å². The Balaban J connectivity index is 2.14. The average Bonchev–Trinajstić information content (AvgIpc) is 2.91. The first-order chi connectivity index (χ1) is 10.7. The van der Waals surface area contributed by atoms with Gasteiger partial charge in [-0.3, -0.25) is 4.79 Å². The van der Waals surface area contributed by atoms with Crippen LogP contribution in [0.3, 0.4) is 0 Å². The molecule has 1 amide bonds. The van der Waals surface area contributed by atoms with E-state index < -0.39 is 20.5 Å². The molecule has 0 saturated carbocycles. The highest BCUT2D eigenvalue weighted by atomic mass is 79.9. The minimum Gasteiger partial charge on any atom is -0.337 e. The standard InChI is InChI=1S/C14H12BrF2NO3S2/c1-18(8-10-4-7-12(15)22-10)13(19)9-2-5-11(6-3-9)23(20,21)14(16)17/h2-7,14H,8H2,1H3. The maximum absolute atomic E-state index is 12.5. The summed E-state index contributed by atoms with van der Waals surface area (Å²) in [5.41, 5.74) is 0.233. The zero-order valence-corrected chi connectivity index (χ0v) is 15.1. The van der Waals surface area contributed by atoms with Gasteiger partial charge in [0.1, 0.15) is 0 Å². The van der Waals surface area contributed by atoms with Crippen molar-refractivity contribution in [2.45, 2.75) is 17.2 Å². The minimum absolute atomic E-state index is 0.233. The lowest BCUT2D eigenvalue weighted by molar-refractivity contribution is 0.0786. The molecule has 1 aromatic carbocycles. The van der Waals surface area contributed by atoms with Crippen LogP contribution in [0, 0.1) is 0 Å². The predicted octanol–water partition coefficient (Wildman–Crippen LogP) is 3.78. The Labute approximate surface area is 144 Å². The Morgan fingerprint density at radius 3 is 2.30 bits per heavy atom. The normalized spacial score (nSPS) is 11.7. The molecule has 0 N–H and O–H groups in total. The molecule has 0 bridgehead atoms. The first-order valence-electron chi connectivity index (χ1n) is 6.33. The summed E-state index contributed by atoms with van der Waals surface area (Å²) in [4.78, 5) is 14.2. The van der Waals surface area contributed by atoms with Gasteiger partial charge in [0.2, 0.25) is 9.84 Å². The molecule has 0 unspecified atom stereocenters. The van der Waals surface area contributed by atoms with Crippen LogP contribution in [0.2, 0.25) is 0 Å². The van der Waals surface area contributed by atoms with E-state index in [0.717, 1.165) is 20.8 Å². The Morgan fingerprint density at radius 1 is 1.22 bits per heavy atom. The van der Waals surface area contributed by atoms with E-state index in [1.807, 2.05) is 12.1 Å². The molecule has 4 nitrogen and oxygen atoms in total. The van der Waals surface area contributed by atoms with Crippen molar-refractivity contribution in [3.63, 3.8) is 0 Å². The van der Waals surface area contributed by atoms with E-state index in [9.17, 15) is 22.0 Å². The predicted molar refractivity (Wildman–Crippen MR) is 87.4 cm³/mol. The van der Waals surface area contributed by atoms with E-state index in [2.05, 4.69) is 15.9 Å². The number of amides is 1. The maximum Gasteiger partial charge on any atom is 0.341 e. The van der Waals surface area contributed by atoms with Crippen LogP contribution in [0.15, 0.2) is 45.1 Å². The van der Waals surface area contributed by atoms with Gasteiger partial charge in [-0.15, -0.1) is 11.3 Å². The molecule has 0 spiro atoms. The van der Waals surface area contributed by atoms with Crippen molar-refractivity contribution in [2.75, 3.05) is 7.05 Å². The van der Waals surface area contributed by atoms with Gasteiger partial charge in [0.25, 0.3) is 5.91 Å². The number of carbonyl (C=O) groups is 1. The molecule has 0 saturated heterocycles. The number of sulfone groups is 1. The van der Waals surface area contributed by atoms with Gasteiger partial charge < -0.3 is 4.90 Å². The van der Waals surface area contributed by atoms with E-state index >= 15 is 0 Å². The lowest BCUT2D eigenvalue weighted by Gasteiger charge is -2.16. The average molecular weight is 424 g/mol. The van der Waals surface area contributed by atoms with Gasteiger partial charge in [0, 0.05) is 17.5 Å². The summed E-state index contributed by atoms with van der Waals surface area (Å²) in [5.74, 6) is -3.81. The lowest BCUT2D eigenvalue weighted by Crippen LogP contribution is -2.25. The van der Waals surface area contributed by atoms with Crippen molar-refractivity contribution in [1.82, 2.24) is 4.90 Å². The van der Waals surface area contributed by atoms with Crippen molar-refractivity contribution in [3.05, 3.63) is 50.6 Å².